The standard InChI is InChI=1S/C22H11Br4N3O5S2/c23-16-14(15(21(31)32)17(24)19(26)18(16)25)20(30)27-10-3-6-12-13(7-10)36-22(28-12)35-8-9-1-4-11(5-2-9)29(33)34/h1-7H,8H2,(H,27,30)(H,31,32). The maximum Gasteiger partial charge on any atom is 0.337 e. The number of benzene rings is 3. The summed E-state index contributed by atoms with van der Waals surface area (Å²) in [5, 5.41) is 23.3. The van der Waals surface area contributed by atoms with E-state index in [-0.39, 0.29) is 21.3 Å². The minimum Gasteiger partial charge on any atom is -0.478 e. The number of carbonyl (C=O) groups excluding carboxylic acids is 1. The number of fused-ring (bicyclic) bond motifs is 1. The highest BCUT2D eigenvalue weighted by atomic mass is 79.9. The molecule has 4 rings (SSSR count). The van der Waals surface area contributed by atoms with E-state index in [0.29, 0.717) is 24.9 Å². The number of carboxylic acid groups (broad SMARTS) is 1. The molecular weight excluding hydrogens is 770 g/mol. The number of nitrogens with one attached hydrogen (secondary N) is 1. The van der Waals surface area contributed by atoms with Crippen LogP contribution >= 0.6 is 86.8 Å². The number of thioether (sulfide) groups is 1. The van der Waals surface area contributed by atoms with E-state index in [1.165, 1.54) is 35.2 Å². The highest BCUT2D eigenvalue weighted by Gasteiger charge is 2.28. The van der Waals surface area contributed by atoms with E-state index in [4.69, 9.17) is 0 Å². The maximum atomic E-state index is 13.1. The van der Waals surface area contributed by atoms with Crippen LogP contribution in [0.5, 0.6) is 0 Å². The van der Waals surface area contributed by atoms with Crippen molar-refractivity contribution in [3.63, 3.8) is 0 Å². The number of rotatable bonds is 7. The summed E-state index contributed by atoms with van der Waals surface area (Å²) in [4.78, 5) is 40.0. The molecule has 0 aliphatic rings. The van der Waals surface area contributed by atoms with Crippen LogP contribution in [0.25, 0.3) is 10.2 Å². The first-order valence-electron chi connectivity index (χ1n) is 9.74. The third kappa shape index (κ3) is 5.68. The molecule has 0 radical (unpaired) electrons. The monoisotopic (exact) mass is 777 g/mol. The zero-order valence-electron chi connectivity index (χ0n) is 17.6. The van der Waals surface area contributed by atoms with Gasteiger partial charge in [0.2, 0.25) is 0 Å². The third-order valence-electron chi connectivity index (χ3n) is 4.84. The molecule has 0 aliphatic heterocycles. The van der Waals surface area contributed by atoms with Crippen molar-refractivity contribution in [2.24, 2.45) is 0 Å². The number of halogens is 4. The van der Waals surface area contributed by atoms with Gasteiger partial charge in [0.25, 0.3) is 11.6 Å². The van der Waals surface area contributed by atoms with Crippen molar-refractivity contribution in [3.05, 3.63) is 87.2 Å². The number of hydrogen-bond acceptors (Lipinski definition) is 7. The number of aromatic nitrogens is 1. The summed E-state index contributed by atoms with van der Waals surface area (Å²) < 4.78 is 3.16. The number of anilines is 1. The van der Waals surface area contributed by atoms with Crippen LogP contribution in [0.4, 0.5) is 11.4 Å². The molecular formula is C22H11Br4N3O5S2. The first kappa shape index (κ1) is 27.2. The van der Waals surface area contributed by atoms with Gasteiger partial charge in [-0.25, -0.2) is 9.78 Å². The van der Waals surface area contributed by atoms with Gasteiger partial charge < -0.3 is 10.4 Å². The van der Waals surface area contributed by atoms with Crippen molar-refractivity contribution in [2.75, 3.05) is 5.32 Å². The van der Waals surface area contributed by atoms with Gasteiger partial charge in [-0.2, -0.15) is 0 Å². The molecule has 0 aliphatic carbocycles. The number of nitro benzene ring substituents is 1. The molecule has 1 aromatic heterocycles. The first-order chi connectivity index (χ1) is 17.1. The average Bonchev–Trinajstić information content (AvgIpc) is 3.25. The summed E-state index contributed by atoms with van der Waals surface area (Å²) in [5.41, 5.74) is 2.01. The quantitative estimate of drug-likeness (QED) is 0.0634. The van der Waals surface area contributed by atoms with Crippen LogP contribution in [-0.4, -0.2) is 26.9 Å². The summed E-state index contributed by atoms with van der Waals surface area (Å²) >= 11 is 16.2. The van der Waals surface area contributed by atoms with Crippen molar-refractivity contribution in [3.8, 4) is 0 Å². The predicted octanol–water partition coefficient (Wildman–Crippen LogP) is 8.50. The molecule has 0 spiro atoms. The van der Waals surface area contributed by atoms with Gasteiger partial charge in [-0.1, -0.05) is 23.9 Å². The Morgan fingerprint density at radius 1 is 1.00 bits per heavy atom. The van der Waals surface area contributed by atoms with E-state index in [1.807, 2.05) is 0 Å². The Labute approximate surface area is 245 Å². The molecule has 0 saturated carbocycles. The number of carbonyl (C=O) groups is 2. The van der Waals surface area contributed by atoms with Gasteiger partial charge in [0, 0.05) is 41.5 Å². The molecule has 4 aromatic rings. The van der Waals surface area contributed by atoms with Gasteiger partial charge in [-0.15, -0.1) is 11.3 Å². The number of thiazole rings is 1. The van der Waals surface area contributed by atoms with Crippen LogP contribution in [0.2, 0.25) is 0 Å². The molecule has 1 heterocycles. The summed E-state index contributed by atoms with van der Waals surface area (Å²) in [5.74, 6) is -1.25. The number of aromatic carboxylic acids is 1. The minimum absolute atomic E-state index is 0.0341. The lowest BCUT2D eigenvalue weighted by Crippen LogP contribution is -2.18. The second-order valence-electron chi connectivity index (χ2n) is 7.14. The lowest BCUT2D eigenvalue weighted by Gasteiger charge is -2.14. The van der Waals surface area contributed by atoms with Crippen LogP contribution in [0.3, 0.4) is 0 Å². The van der Waals surface area contributed by atoms with Crippen molar-refractivity contribution < 1.29 is 19.6 Å². The fourth-order valence-corrected chi connectivity index (χ4v) is 7.67. The number of non-ortho nitro benzene ring substituents is 1. The van der Waals surface area contributed by atoms with E-state index >= 15 is 0 Å². The Morgan fingerprint density at radius 3 is 2.25 bits per heavy atom. The molecule has 0 saturated heterocycles. The van der Waals surface area contributed by atoms with E-state index in [9.17, 15) is 24.8 Å². The molecule has 0 fully saturated rings. The summed E-state index contributed by atoms with van der Waals surface area (Å²) in [6.45, 7) is 0. The summed E-state index contributed by atoms with van der Waals surface area (Å²) in [6, 6.07) is 11.6. The van der Waals surface area contributed by atoms with Gasteiger partial charge in [0.05, 0.1) is 26.3 Å². The van der Waals surface area contributed by atoms with Crippen molar-refractivity contribution in [1.29, 1.82) is 0 Å². The fourth-order valence-electron chi connectivity index (χ4n) is 3.14. The van der Waals surface area contributed by atoms with Crippen LogP contribution in [-0.2, 0) is 5.75 Å². The number of nitro groups is 1. The molecule has 3 aromatic carbocycles. The molecule has 0 unspecified atom stereocenters. The van der Waals surface area contributed by atoms with Crippen molar-refractivity contribution in [2.45, 2.75) is 10.1 Å². The van der Waals surface area contributed by atoms with E-state index in [0.717, 1.165) is 20.1 Å². The maximum absolute atomic E-state index is 13.1. The largest absolute Gasteiger partial charge is 0.478 e. The third-order valence-corrected chi connectivity index (χ3v) is 11.8. The lowest BCUT2D eigenvalue weighted by atomic mass is 10.1. The number of hydrogen-bond donors (Lipinski definition) is 2. The lowest BCUT2D eigenvalue weighted by molar-refractivity contribution is -0.384. The summed E-state index contributed by atoms with van der Waals surface area (Å²) in [6.07, 6.45) is 0. The zero-order valence-corrected chi connectivity index (χ0v) is 25.5. The van der Waals surface area contributed by atoms with Gasteiger partial charge in [0.1, 0.15) is 0 Å². The molecule has 0 bridgehead atoms. The predicted molar refractivity (Wildman–Crippen MR) is 154 cm³/mol. The normalized spacial score (nSPS) is 11.0. The minimum atomic E-state index is -1.26. The smallest absolute Gasteiger partial charge is 0.337 e. The Balaban J connectivity index is 1.54. The van der Waals surface area contributed by atoms with Gasteiger partial charge >= 0.3 is 5.97 Å². The molecule has 1 amide bonds. The second kappa shape index (κ2) is 11.3. The highest BCUT2D eigenvalue weighted by Crippen LogP contribution is 2.42. The topological polar surface area (TPSA) is 122 Å². The molecule has 2 N–H and O–H groups in total. The Hall–Kier alpha value is -1.84. The molecule has 36 heavy (non-hydrogen) atoms. The first-order valence-corrected chi connectivity index (χ1v) is 14.7. The fraction of sp³-hybridized carbons (Fsp3) is 0.0455. The summed E-state index contributed by atoms with van der Waals surface area (Å²) in [7, 11) is 0. The van der Waals surface area contributed by atoms with Crippen LogP contribution in [0, 0.1) is 10.1 Å². The SMILES string of the molecule is O=C(O)c1c(Br)c(Br)c(Br)c(Br)c1C(=O)Nc1ccc2nc(SCc3ccc([N+](=O)[O-])cc3)sc2c1. The van der Waals surface area contributed by atoms with Crippen LogP contribution in [0.15, 0.2) is 64.7 Å². The number of carboxylic acids is 1. The van der Waals surface area contributed by atoms with Crippen LogP contribution < -0.4 is 5.32 Å². The van der Waals surface area contributed by atoms with E-state index in [2.05, 4.69) is 74.0 Å². The highest BCUT2D eigenvalue weighted by molar-refractivity contribution is 9.15. The second-order valence-corrected chi connectivity index (χ2v) is 12.6. The van der Waals surface area contributed by atoms with E-state index in [1.54, 1.807) is 30.3 Å². The van der Waals surface area contributed by atoms with Gasteiger partial charge in [-0.3, -0.25) is 14.9 Å². The van der Waals surface area contributed by atoms with E-state index < -0.39 is 16.8 Å². The van der Waals surface area contributed by atoms with Crippen molar-refractivity contribution in [1.82, 2.24) is 4.98 Å². The molecule has 184 valence electrons. The van der Waals surface area contributed by atoms with Gasteiger partial charge in [0.15, 0.2) is 4.34 Å². The number of nitrogens with zero attached hydrogens (tertiary/aromatic N) is 2. The Bertz CT molecular complexity index is 1540. The number of amides is 1. The Morgan fingerprint density at radius 2 is 1.64 bits per heavy atom. The molecule has 14 heteroatoms. The molecule has 8 nitrogen and oxygen atoms in total. The van der Waals surface area contributed by atoms with Crippen LogP contribution in [0.1, 0.15) is 26.3 Å². The molecule has 0 atom stereocenters. The zero-order chi connectivity index (χ0) is 26.1. The Kier molecular flexibility index (Phi) is 8.52. The average molecular weight is 781 g/mol. The van der Waals surface area contributed by atoms with Crippen molar-refractivity contribution >= 4 is 120 Å². The van der Waals surface area contributed by atoms with Gasteiger partial charge in [-0.05, 0) is 87.5 Å².